The van der Waals surface area contributed by atoms with E-state index in [4.69, 9.17) is 9.47 Å². The van der Waals surface area contributed by atoms with E-state index in [0.717, 1.165) is 5.56 Å². The van der Waals surface area contributed by atoms with Crippen LogP contribution in [0.25, 0.3) is 5.76 Å². The standard InChI is InChI=1S/C22H24N2O5/c1-14-13-16(29-3)5-6-17(14)20(25)18-19(15-7-9-23-10-8-15)24(11-4-12-28-2)22(27)21(18)26/h5-10,13,19,25H,4,11-12H2,1-3H3/t19-/m0/s1. The number of ether oxygens (including phenoxy) is 2. The van der Waals surface area contributed by atoms with Crippen LogP contribution in [0.3, 0.4) is 0 Å². The zero-order chi connectivity index (χ0) is 21.0. The van der Waals surface area contributed by atoms with Crippen molar-refractivity contribution in [1.82, 2.24) is 9.88 Å². The molecule has 0 bridgehead atoms. The molecule has 1 atom stereocenters. The van der Waals surface area contributed by atoms with Crippen LogP contribution in [0.15, 0.2) is 48.3 Å². The second-order valence-corrected chi connectivity index (χ2v) is 6.80. The summed E-state index contributed by atoms with van der Waals surface area (Å²) in [6.45, 7) is 2.61. The van der Waals surface area contributed by atoms with Crippen molar-refractivity contribution >= 4 is 17.4 Å². The molecule has 3 rings (SSSR count). The lowest BCUT2D eigenvalue weighted by Gasteiger charge is -2.25. The first-order valence-corrected chi connectivity index (χ1v) is 9.31. The van der Waals surface area contributed by atoms with E-state index in [2.05, 4.69) is 4.98 Å². The van der Waals surface area contributed by atoms with E-state index in [-0.39, 0.29) is 11.3 Å². The second kappa shape index (κ2) is 8.87. The van der Waals surface area contributed by atoms with E-state index in [1.54, 1.807) is 56.9 Å². The Morgan fingerprint density at radius 1 is 1.17 bits per heavy atom. The highest BCUT2D eigenvalue weighted by atomic mass is 16.5. The number of ketones is 1. The highest BCUT2D eigenvalue weighted by Crippen LogP contribution is 2.40. The Hall–Kier alpha value is -3.19. The molecular formula is C22H24N2O5. The van der Waals surface area contributed by atoms with Gasteiger partial charge >= 0.3 is 0 Å². The fraction of sp³-hybridized carbons (Fsp3) is 0.318. The molecule has 29 heavy (non-hydrogen) atoms. The number of hydrogen-bond acceptors (Lipinski definition) is 6. The number of carbonyl (C=O) groups excluding carboxylic acids is 2. The molecule has 1 amide bonds. The molecule has 1 aliphatic rings. The maximum Gasteiger partial charge on any atom is 0.295 e. The molecule has 7 nitrogen and oxygen atoms in total. The third-order valence-electron chi connectivity index (χ3n) is 5.00. The molecule has 1 N–H and O–H groups in total. The number of aryl methyl sites for hydroxylation is 1. The minimum atomic E-state index is -0.697. The van der Waals surface area contributed by atoms with Gasteiger partial charge in [-0.15, -0.1) is 0 Å². The van der Waals surface area contributed by atoms with Crippen molar-refractivity contribution in [2.45, 2.75) is 19.4 Å². The Morgan fingerprint density at radius 3 is 2.52 bits per heavy atom. The van der Waals surface area contributed by atoms with E-state index in [1.807, 2.05) is 6.92 Å². The number of methoxy groups -OCH3 is 2. The summed E-state index contributed by atoms with van der Waals surface area (Å²) in [6.07, 6.45) is 3.78. The SMILES string of the molecule is COCCCN1C(=O)C(=O)C(=C(O)c2ccc(OC)cc2C)[C@@H]1c1ccncc1. The number of carbonyl (C=O) groups is 2. The van der Waals surface area contributed by atoms with Gasteiger partial charge in [0.25, 0.3) is 11.7 Å². The number of aromatic nitrogens is 1. The summed E-state index contributed by atoms with van der Waals surface area (Å²) in [5.41, 5.74) is 2.01. The van der Waals surface area contributed by atoms with Gasteiger partial charge in [-0.25, -0.2) is 0 Å². The quantitative estimate of drug-likeness (QED) is 0.335. The Labute approximate surface area is 169 Å². The lowest BCUT2D eigenvalue weighted by molar-refractivity contribution is -0.140. The van der Waals surface area contributed by atoms with Crippen LogP contribution in [-0.2, 0) is 14.3 Å². The number of likely N-dealkylation sites (tertiary alicyclic amines) is 1. The Bertz CT molecular complexity index is 939. The van der Waals surface area contributed by atoms with Gasteiger partial charge in [-0.3, -0.25) is 14.6 Å². The molecule has 0 spiro atoms. The van der Waals surface area contributed by atoms with E-state index in [1.165, 1.54) is 4.90 Å². The van der Waals surface area contributed by atoms with Crippen LogP contribution in [0, 0.1) is 6.92 Å². The number of hydrogen-bond donors (Lipinski definition) is 1. The summed E-state index contributed by atoms with van der Waals surface area (Å²) in [4.78, 5) is 31.2. The Morgan fingerprint density at radius 2 is 1.90 bits per heavy atom. The van der Waals surface area contributed by atoms with E-state index in [0.29, 0.717) is 36.4 Å². The fourth-order valence-electron chi connectivity index (χ4n) is 3.56. The van der Waals surface area contributed by atoms with Crippen molar-refractivity contribution in [1.29, 1.82) is 0 Å². The molecule has 0 radical (unpaired) electrons. The number of benzene rings is 1. The van der Waals surface area contributed by atoms with Gasteiger partial charge in [-0.2, -0.15) is 0 Å². The number of aliphatic hydroxyl groups is 1. The van der Waals surface area contributed by atoms with Crippen LogP contribution in [0.1, 0.15) is 29.2 Å². The third-order valence-corrected chi connectivity index (χ3v) is 5.00. The molecule has 1 saturated heterocycles. The van der Waals surface area contributed by atoms with Gasteiger partial charge in [0.2, 0.25) is 0 Å². The predicted molar refractivity (Wildman–Crippen MR) is 107 cm³/mol. The van der Waals surface area contributed by atoms with E-state index >= 15 is 0 Å². The second-order valence-electron chi connectivity index (χ2n) is 6.80. The number of aliphatic hydroxyl groups excluding tert-OH is 1. The highest BCUT2D eigenvalue weighted by molar-refractivity contribution is 6.46. The van der Waals surface area contributed by atoms with Crippen molar-refractivity contribution in [3.8, 4) is 5.75 Å². The molecule has 152 valence electrons. The molecule has 0 unspecified atom stereocenters. The van der Waals surface area contributed by atoms with Crippen molar-refractivity contribution in [3.63, 3.8) is 0 Å². The molecule has 2 heterocycles. The van der Waals surface area contributed by atoms with Gasteiger partial charge in [0.1, 0.15) is 11.5 Å². The highest BCUT2D eigenvalue weighted by Gasteiger charge is 2.45. The first-order valence-electron chi connectivity index (χ1n) is 9.31. The van der Waals surface area contributed by atoms with Gasteiger partial charge in [-0.05, 0) is 54.8 Å². The molecule has 2 aromatic rings. The third kappa shape index (κ3) is 4.00. The van der Waals surface area contributed by atoms with Crippen molar-refractivity contribution in [2.24, 2.45) is 0 Å². The summed E-state index contributed by atoms with van der Waals surface area (Å²) < 4.78 is 10.3. The topological polar surface area (TPSA) is 89.0 Å². The van der Waals surface area contributed by atoms with Crippen LogP contribution in [0.2, 0.25) is 0 Å². The largest absolute Gasteiger partial charge is 0.507 e. The fourth-order valence-corrected chi connectivity index (χ4v) is 3.56. The molecule has 0 aliphatic carbocycles. The average molecular weight is 396 g/mol. The van der Waals surface area contributed by atoms with Gasteiger partial charge in [0, 0.05) is 38.2 Å². The van der Waals surface area contributed by atoms with Crippen LogP contribution < -0.4 is 4.74 Å². The monoisotopic (exact) mass is 396 g/mol. The zero-order valence-corrected chi connectivity index (χ0v) is 16.7. The van der Waals surface area contributed by atoms with Crippen LogP contribution in [0.5, 0.6) is 5.75 Å². The maximum atomic E-state index is 12.9. The summed E-state index contributed by atoms with van der Waals surface area (Å²) in [7, 11) is 3.14. The number of amides is 1. The molecule has 0 saturated carbocycles. The maximum absolute atomic E-state index is 12.9. The van der Waals surface area contributed by atoms with Gasteiger partial charge in [0.05, 0.1) is 18.7 Å². The minimum absolute atomic E-state index is 0.0758. The zero-order valence-electron chi connectivity index (χ0n) is 16.7. The van der Waals surface area contributed by atoms with Crippen molar-refractivity contribution in [3.05, 3.63) is 65.0 Å². The molecule has 7 heteroatoms. The average Bonchev–Trinajstić information content (AvgIpc) is 2.99. The van der Waals surface area contributed by atoms with E-state index in [9.17, 15) is 14.7 Å². The lowest BCUT2D eigenvalue weighted by atomic mass is 9.94. The van der Waals surface area contributed by atoms with Crippen molar-refractivity contribution < 1.29 is 24.2 Å². The van der Waals surface area contributed by atoms with Crippen LogP contribution in [-0.4, -0.2) is 54.1 Å². The summed E-state index contributed by atoms with van der Waals surface area (Å²) in [5.74, 6) is -0.878. The first kappa shape index (κ1) is 20.5. The van der Waals surface area contributed by atoms with E-state index < -0.39 is 17.7 Å². The van der Waals surface area contributed by atoms with Crippen molar-refractivity contribution in [2.75, 3.05) is 27.4 Å². The molecule has 1 fully saturated rings. The number of Topliss-reactive ketones (excluding diaryl/α,β-unsaturated/α-hetero) is 1. The van der Waals surface area contributed by atoms with Gasteiger partial charge < -0.3 is 19.5 Å². The number of nitrogens with zero attached hydrogens (tertiary/aromatic N) is 2. The van der Waals surface area contributed by atoms with Crippen LogP contribution in [0.4, 0.5) is 0 Å². The van der Waals surface area contributed by atoms with Gasteiger partial charge in [0.15, 0.2) is 0 Å². The minimum Gasteiger partial charge on any atom is -0.507 e. The van der Waals surface area contributed by atoms with Gasteiger partial charge in [-0.1, -0.05) is 0 Å². The smallest absolute Gasteiger partial charge is 0.295 e. The number of rotatable bonds is 7. The van der Waals surface area contributed by atoms with Crippen LogP contribution >= 0.6 is 0 Å². The number of pyridine rings is 1. The Kier molecular flexibility index (Phi) is 6.29. The molecular weight excluding hydrogens is 372 g/mol. The Balaban J connectivity index is 2.12. The lowest BCUT2D eigenvalue weighted by Crippen LogP contribution is -2.31. The predicted octanol–water partition coefficient (Wildman–Crippen LogP) is 2.86. The molecule has 1 aromatic carbocycles. The summed E-state index contributed by atoms with van der Waals surface area (Å²) in [5, 5.41) is 11.1. The normalized spacial score (nSPS) is 18.3. The first-order chi connectivity index (χ1) is 14.0. The molecule has 1 aromatic heterocycles. The summed E-state index contributed by atoms with van der Waals surface area (Å²) >= 11 is 0. The molecule has 1 aliphatic heterocycles. The summed E-state index contributed by atoms with van der Waals surface area (Å²) in [6, 6.07) is 7.97.